The van der Waals surface area contributed by atoms with Crippen molar-refractivity contribution in [2.45, 2.75) is 39.2 Å². The molecule has 1 N–H and O–H groups in total. The predicted molar refractivity (Wildman–Crippen MR) is 76.1 cm³/mol. The molecule has 0 aliphatic heterocycles. The number of carbonyl (C=O) groups is 1. The van der Waals surface area contributed by atoms with E-state index in [1.165, 1.54) is 0 Å². The van der Waals surface area contributed by atoms with Crippen LogP contribution in [0.3, 0.4) is 0 Å². The van der Waals surface area contributed by atoms with Crippen LogP contribution in [0.2, 0.25) is 0 Å². The molecule has 0 radical (unpaired) electrons. The van der Waals surface area contributed by atoms with Gasteiger partial charge in [0.15, 0.2) is 0 Å². The second-order valence-corrected chi connectivity index (χ2v) is 5.39. The standard InChI is InChI=1S/C15H18N4O2/c1-10-6-7-12(8-16-10)15-19-18-13(21-15)9-17-14(20)11-4-2-3-5-11/h6-8,11H,2-5,9H2,1H3,(H,17,20). The molecule has 110 valence electrons. The second-order valence-electron chi connectivity index (χ2n) is 5.39. The molecule has 1 aliphatic carbocycles. The zero-order valence-corrected chi connectivity index (χ0v) is 12.0. The fourth-order valence-corrected chi connectivity index (χ4v) is 2.53. The first-order valence-corrected chi connectivity index (χ1v) is 7.25. The van der Waals surface area contributed by atoms with Crippen LogP contribution in [-0.4, -0.2) is 21.1 Å². The summed E-state index contributed by atoms with van der Waals surface area (Å²) in [5, 5.41) is 10.8. The SMILES string of the molecule is Cc1ccc(-c2nnc(CNC(=O)C3CCCC3)o2)cn1. The van der Waals surface area contributed by atoms with Crippen molar-refractivity contribution in [2.24, 2.45) is 5.92 Å². The largest absolute Gasteiger partial charge is 0.419 e. The fourth-order valence-electron chi connectivity index (χ4n) is 2.53. The summed E-state index contributed by atoms with van der Waals surface area (Å²) in [6, 6.07) is 3.78. The van der Waals surface area contributed by atoms with Gasteiger partial charge in [-0.2, -0.15) is 0 Å². The van der Waals surface area contributed by atoms with Crippen LogP contribution in [0.25, 0.3) is 11.5 Å². The minimum atomic E-state index is 0.0873. The van der Waals surface area contributed by atoms with E-state index < -0.39 is 0 Å². The summed E-state index contributed by atoms with van der Waals surface area (Å²) >= 11 is 0. The van der Waals surface area contributed by atoms with E-state index in [2.05, 4.69) is 20.5 Å². The van der Waals surface area contributed by atoms with Crippen molar-refractivity contribution >= 4 is 5.91 Å². The van der Waals surface area contributed by atoms with Crippen molar-refractivity contribution in [3.8, 4) is 11.5 Å². The Hall–Kier alpha value is -2.24. The van der Waals surface area contributed by atoms with E-state index in [-0.39, 0.29) is 18.4 Å². The molecule has 0 spiro atoms. The quantitative estimate of drug-likeness (QED) is 0.932. The molecule has 1 aliphatic rings. The molecule has 6 heteroatoms. The maximum Gasteiger partial charge on any atom is 0.249 e. The molecule has 1 fully saturated rings. The number of amides is 1. The number of nitrogens with zero attached hydrogens (tertiary/aromatic N) is 3. The summed E-state index contributed by atoms with van der Waals surface area (Å²) in [5.41, 5.74) is 1.71. The summed E-state index contributed by atoms with van der Waals surface area (Å²) in [7, 11) is 0. The number of hydrogen-bond acceptors (Lipinski definition) is 5. The van der Waals surface area contributed by atoms with Gasteiger partial charge >= 0.3 is 0 Å². The Kier molecular flexibility index (Phi) is 3.94. The number of aromatic nitrogens is 3. The average Bonchev–Trinajstić information content (AvgIpc) is 3.17. The van der Waals surface area contributed by atoms with E-state index in [1.807, 2.05) is 19.1 Å². The minimum absolute atomic E-state index is 0.0873. The molecule has 2 aromatic heterocycles. The maximum absolute atomic E-state index is 11.9. The summed E-state index contributed by atoms with van der Waals surface area (Å²) in [5.74, 6) is 1.07. The molecule has 2 aromatic rings. The summed E-state index contributed by atoms with van der Waals surface area (Å²) < 4.78 is 5.55. The highest BCUT2D eigenvalue weighted by Crippen LogP contribution is 2.24. The minimum Gasteiger partial charge on any atom is -0.419 e. The Bertz CT molecular complexity index is 615. The van der Waals surface area contributed by atoms with Crippen molar-refractivity contribution in [1.29, 1.82) is 0 Å². The Morgan fingerprint density at radius 2 is 2.14 bits per heavy atom. The molecule has 0 bridgehead atoms. The number of carbonyl (C=O) groups excluding carboxylic acids is 1. The Morgan fingerprint density at radius 3 is 2.86 bits per heavy atom. The van der Waals surface area contributed by atoms with Crippen LogP contribution in [0.5, 0.6) is 0 Å². The Balaban J connectivity index is 1.60. The molecule has 0 saturated heterocycles. The fraction of sp³-hybridized carbons (Fsp3) is 0.467. The lowest BCUT2D eigenvalue weighted by Crippen LogP contribution is -2.28. The first kappa shape index (κ1) is 13.7. The number of hydrogen-bond donors (Lipinski definition) is 1. The van der Waals surface area contributed by atoms with Crippen molar-refractivity contribution in [3.05, 3.63) is 29.9 Å². The van der Waals surface area contributed by atoms with E-state index in [0.29, 0.717) is 11.8 Å². The first-order valence-electron chi connectivity index (χ1n) is 7.25. The first-order chi connectivity index (χ1) is 10.2. The molecule has 2 heterocycles. The van der Waals surface area contributed by atoms with Crippen LogP contribution in [0.1, 0.15) is 37.3 Å². The zero-order chi connectivity index (χ0) is 14.7. The van der Waals surface area contributed by atoms with Crippen molar-refractivity contribution in [3.63, 3.8) is 0 Å². The summed E-state index contributed by atoms with van der Waals surface area (Å²) in [6.07, 6.45) is 5.95. The van der Waals surface area contributed by atoms with Gasteiger partial charge in [-0.15, -0.1) is 10.2 Å². The molecule has 0 unspecified atom stereocenters. The third kappa shape index (κ3) is 3.26. The van der Waals surface area contributed by atoms with Crippen molar-refractivity contribution in [1.82, 2.24) is 20.5 Å². The van der Waals surface area contributed by atoms with Crippen LogP contribution >= 0.6 is 0 Å². The lowest BCUT2D eigenvalue weighted by atomic mass is 10.1. The lowest BCUT2D eigenvalue weighted by Gasteiger charge is -2.07. The molecule has 1 amide bonds. The topological polar surface area (TPSA) is 80.9 Å². The van der Waals surface area contributed by atoms with Crippen LogP contribution in [-0.2, 0) is 11.3 Å². The van der Waals surface area contributed by atoms with Gasteiger partial charge < -0.3 is 9.73 Å². The van der Waals surface area contributed by atoms with Crippen LogP contribution in [0, 0.1) is 12.8 Å². The number of rotatable bonds is 4. The molecule has 0 aromatic carbocycles. The van der Waals surface area contributed by atoms with Gasteiger partial charge in [0.05, 0.1) is 12.1 Å². The molecule has 21 heavy (non-hydrogen) atoms. The second kappa shape index (κ2) is 6.03. The van der Waals surface area contributed by atoms with Crippen molar-refractivity contribution < 1.29 is 9.21 Å². The summed E-state index contributed by atoms with van der Waals surface area (Å²) in [6.45, 7) is 2.20. The van der Waals surface area contributed by atoms with Gasteiger partial charge in [0.25, 0.3) is 0 Å². The zero-order valence-electron chi connectivity index (χ0n) is 12.0. The summed E-state index contributed by atoms with van der Waals surface area (Å²) in [4.78, 5) is 16.1. The van der Waals surface area contributed by atoms with Gasteiger partial charge in [-0.1, -0.05) is 12.8 Å². The highest BCUT2D eigenvalue weighted by Gasteiger charge is 2.22. The Labute approximate surface area is 123 Å². The predicted octanol–water partition coefficient (Wildman–Crippen LogP) is 2.25. The average molecular weight is 286 g/mol. The third-order valence-corrected chi connectivity index (χ3v) is 3.76. The normalized spacial score (nSPS) is 15.3. The van der Waals surface area contributed by atoms with Crippen LogP contribution in [0.15, 0.2) is 22.7 Å². The van der Waals surface area contributed by atoms with Gasteiger partial charge in [0.2, 0.25) is 17.7 Å². The van der Waals surface area contributed by atoms with Gasteiger partial charge in [-0.25, -0.2) is 0 Å². The molecule has 1 saturated carbocycles. The van der Waals surface area contributed by atoms with Crippen LogP contribution in [0.4, 0.5) is 0 Å². The monoisotopic (exact) mass is 286 g/mol. The molecule has 3 rings (SSSR count). The van der Waals surface area contributed by atoms with E-state index in [9.17, 15) is 4.79 Å². The molecule has 0 atom stereocenters. The molecule has 6 nitrogen and oxygen atoms in total. The van der Waals surface area contributed by atoms with Gasteiger partial charge in [0, 0.05) is 17.8 Å². The van der Waals surface area contributed by atoms with E-state index >= 15 is 0 Å². The van der Waals surface area contributed by atoms with Gasteiger partial charge in [-0.3, -0.25) is 9.78 Å². The highest BCUT2D eigenvalue weighted by atomic mass is 16.4. The van der Waals surface area contributed by atoms with E-state index in [1.54, 1.807) is 6.20 Å². The molecular formula is C15H18N4O2. The van der Waals surface area contributed by atoms with Crippen LogP contribution < -0.4 is 5.32 Å². The smallest absolute Gasteiger partial charge is 0.249 e. The van der Waals surface area contributed by atoms with Gasteiger partial charge in [0.1, 0.15) is 0 Å². The maximum atomic E-state index is 11.9. The third-order valence-electron chi connectivity index (χ3n) is 3.76. The highest BCUT2D eigenvalue weighted by molar-refractivity contribution is 5.78. The lowest BCUT2D eigenvalue weighted by molar-refractivity contribution is -0.125. The number of aryl methyl sites for hydroxylation is 1. The molecular weight excluding hydrogens is 268 g/mol. The number of pyridine rings is 1. The van der Waals surface area contributed by atoms with Crippen molar-refractivity contribution in [2.75, 3.05) is 0 Å². The number of nitrogens with one attached hydrogen (secondary N) is 1. The van der Waals surface area contributed by atoms with Gasteiger partial charge in [-0.05, 0) is 31.9 Å². The van der Waals surface area contributed by atoms with E-state index in [0.717, 1.165) is 36.9 Å². The Morgan fingerprint density at radius 1 is 1.33 bits per heavy atom. The van der Waals surface area contributed by atoms with E-state index in [4.69, 9.17) is 4.42 Å².